The van der Waals surface area contributed by atoms with Crippen molar-refractivity contribution in [3.63, 3.8) is 0 Å². The van der Waals surface area contributed by atoms with Crippen LogP contribution in [-0.4, -0.2) is 11.8 Å². The Balaban J connectivity index is 1.62. The van der Waals surface area contributed by atoms with Gasteiger partial charge in [0.25, 0.3) is 0 Å². The number of carbonyl (C=O) groups excluding carboxylic acids is 2. The van der Waals surface area contributed by atoms with Crippen molar-refractivity contribution in [3.05, 3.63) is 35.1 Å². The Bertz CT molecular complexity index is 663. The van der Waals surface area contributed by atoms with Gasteiger partial charge in [0.15, 0.2) is 0 Å². The number of hydrogen-bond acceptors (Lipinski definition) is 4. The molecule has 1 aromatic rings. The number of Topliss-reactive ketones (excluding diaryl/α,β-unsaturated/α-hetero) is 1. The molecule has 3 atom stereocenters. The summed E-state index contributed by atoms with van der Waals surface area (Å²) in [6, 6.07) is 5.91. The van der Waals surface area contributed by atoms with E-state index in [1.807, 2.05) is 6.07 Å². The molecule has 0 heterocycles. The van der Waals surface area contributed by atoms with E-state index >= 15 is 0 Å². The zero-order chi connectivity index (χ0) is 16.4. The van der Waals surface area contributed by atoms with E-state index < -0.39 is 5.82 Å². The van der Waals surface area contributed by atoms with Crippen molar-refractivity contribution in [1.29, 1.82) is 5.26 Å². The van der Waals surface area contributed by atoms with Gasteiger partial charge < -0.3 is 4.74 Å². The average Bonchev–Trinajstić information content (AvgIpc) is 2.53. The zero-order valence-electron chi connectivity index (χ0n) is 12.8. The number of nitriles is 1. The summed E-state index contributed by atoms with van der Waals surface area (Å²) >= 11 is 0. The minimum absolute atomic E-state index is 0.0151. The molecule has 2 aliphatic carbocycles. The lowest BCUT2D eigenvalue weighted by Crippen LogP contribution is -2.39. The Morgan fingerprint density at radius 2 is 2.00 bits per heavy atom. The van der Waals surface area contributed by atoms with E-state index in [0.29, 0.717) is 24.2 Å². The normalized spacial score (nSPS) is 26.4. The first-order valence-corrected chi connectivity index (χ1v) is 7.97. The zero-order valence-corrected chi connectivity index (χ0v) is 12.8. The molecule has 0 aliphatic heterocycles. The van der Waals surface area contributed by atoms with Gasteiger partial charge in [-0.05, 0) is 43.9 Å². The van der Waals surface area contributed by atoms with Gasteiger partial charge in [-0.3, -0.25) is 9.59 Å². The fraction of sp³-hybridized carbons (Fsp3) is 0.500. The summed E-state index contributed by atoms with van der Waals surface area (Å²) < 4.78 is 18.9. The van der Waals surface area contributed by atoms with Crippen LogP contribution in [0, 0.1) is 34.9 Å². The van der Waals surface area contributed by atoms with Gasteiger partial charge in [-0.25, -0.2) is 4.39 Å². The molecule has 0 aromatic heterocycles. The monoisotopic (exact) mass is 315 g/mol. The minimum Gasteiger partial charge on any atom is -0.460 e. The molecule has 23 heavy (non-hydrogen) atoms. The van der Waals surface area contributed by atoms with Crippen molar-refractivity contribution >= 4 is 11.8 Å². The van der Waals surface area contributed by atoms with Crippen molar-refractivity contribution in [3.8, 4) is 6.07 Å². The maximum Gasteiger partial charge on any atom is 0.309 e. The minimum atomic E-state index is -0.493. The second-order valence-electron chi connectivity index (χ2n) is 6.42. The number of benzene rings is 1. The number of esters is 1. The number of carbonyl (C=O) groups is 2. The summed E-state index contributed by atoms with van der Waals surface area (Å²) in [6.07, 6.45) is 3.87. The lowest BCUT2D eigenvalue weighted by Gasteiger charge is -2.36. The Kier molecular flexibility index (Phi) is 4.42. The van der Waals surface area contributed by atoms with Crippen LogP contribution >= 0.6 is 0 Å². The number of rotatable bonds is 3. The summed E-state index contributed by atoms with van der Waals surface area (Å²) in [5, 5.41) is 8.84. The highest BCUT2D eigenvalue weighted by molar-refractivity contribution is 5.87. The van der Waals surface area contributed by atoms with Gasteiger partial charge in [-0.15, -0.1) is 0 Å². The molecule has 0 spiro atoms. The largest absolute Gasteiger partial charge is 0.460 e. The Morgan fingerprint density at radius 3 is 2.65 bits per heavy atom. The van der Waals surface area contributed by atoms with Crippen LogP contribution in [0.2, 0.25) is 0 Å². The predicted octanol–water partition coefficient (Wildman–Crippen LogP) is 3.14. The van der Waals surface area contributed by atoms with E-state index in [2.05, 4.69) is 0 Å². The first kappa shape index (κ1) is 15.7. The molecule has 0 N–H and O–H groups in total. The van der Waals surface area contributed by atoms with Crippen molar-refractivity contribution in [2.45, 2.75) is 38.7 Å². The Labute approximate surface area is 134 Å². The molecule has 4 nitrogen and oxygen atoms in total. The van der Waals surface area contributed by atoms with Crippen LogP contribution in [0.4, 0.5) is 4.39 Å². The Hall–Kier alpha value is -2.22. The van der Waals surface area contributed by atoms with Gasteiger partial charge in [0, 0.05) is 17.4 Å². The van der Waals surface area contributed by atoms with E-state index in [4.69, 9.17) is 10.00 Å². The number of fused-ring (bicyclic) bond motifs is 2. The molecule has 2 aliphatic rings. The third-order valence-electron chi connectivity index (χ3n) is 4.93. The molecule has 120 valence electrons. The maximum atomic E-state index is 13.7. The first-order valence-electron chi connectivity index (χ1n) is 7.97. The van der Waals surface area contributed by atoms with Crippen LogP contribution in [-0.2, 0) is 20.9 Å². The van der Waals surface area contributed by atoms with E-state index in [0.717, 1.165) is 19.3 Å². The highest BCUT2D eigenvalue weighted by Gasteiger charge is 2.41. The summed E-state index contributed by atoms with van der Waals surface area (Å²) in [6.45, 7) is -0.181. The van der Waals surface area contributed by atoms with Crippen LogP contribution < -0.4 is 0 Å². The molecule has 0 amide bonds. The molecular formula is C18H18FNO3. The highest BCUT2D eigenvalue weighted by atomic mass is 19.1. The highest BCUT2D eigenvalue weighted by Crippen LogP contribution is 2.40. The topological polar surface area (TPSA) is 67.2 Å². The summed E-state index contributed by atoms with van der Waals surface area (Å²) in [5.74, 6) is -0.862. The first-order chi connectivity index (χ1) is 11.1. The molecule has 2 fully saturated rings. The molecule has 0 radical (unpaired) electrons. The third kappa shape index (κ3) is 3.26. The number of halogens is 1. The quantitative estimate of drug-likeness (QED) is 0.804. The number of hydrogen-bond donors (Lipinski definition) is 0. The second-order valence-corrected chi connectivity index (χ2v) is 6.42. The van der Waals surface area contributed by atoms with Crippen LogP contribution in [0.3, 0.4) is 0 Å². The van der Waals surface area contributed by atoms with Crippen LogP contribution in [0.1, 0.15) is 43.2 Å². The molecular weight excluding hydrogens is 297 g/mol. The van der Waals surface area contributed by atoms with Crippen LogP contribution in [0.15, 0.2) is 18.2 Å². The number of nitrogens with zero attached hydrogens (tertiary/aromatic N) is 1. The van der Waals surface area contributed by atoms with E-state index in [9.17, 15) is 14.0 Å². The molecule has 2 saturated carbocycles. The van der Waals surface area contributed by atoms with E-state index in [1.165, 1.54) is 18.2 Å². The van der Waals surface area contributed by atoms with Gasteiger partial charge in [0.1, 0.15) is 18.2 Å². The number of ether oxygens (including phenoxy) is 1. The lowest BCUT2D eigenvalue weighted by molar-refractivity contribution is -0.154. The van der Waals surface area contributed by atoms with Crippen molar-refractivity contribution in [2.75, 3.05) is 0 Å². The molecule has 5 heteroatoms. The molecule has 0 saturated heterocycles. The molecule has 1 aromatic carbocycles. The van der Waals surface area contributed by atoms with Gasteiger partial charge in [0.05, 0.1) is 17.6 Å². The summed E-state index contributed by atoms with van der Waals surface area (Å²) in [7, 11) is 0. The standard InChI is InChI=1S/C18H18FNO3/c19-16-5-4-11(9-20)6-15(16)10-23-18(22)14-7-12-2-1-3-13(8-14)17(12)21/h4-6,12-14H,1-3,7-8,10H2/t12-,13+,14?. The maximum absolute atomic E-state index is 13.7. The molecule has 2 bridgehead atoms. The summed E-state index contributed by atoms with van der Waals surface area (Å²) in [4.78, 5) is 24.3. The molecule has 1 unspecified atom stereocenters. The Morgan fingerprint density at radius 1 is 1.30 bits per heavy atom. The average molecular weight is 315 g/mol. The number of ketones is 1. The van der Waals surface area contributed by atoms with Crippen molar-refractivity contribution in [1.82, 2.24) is 0 Å². The van der Waals surface area contributed by atoms with Gasteiger partial charge >= 0.3 is 5.97 Å². The molecule has 3 rings (SSSR count). The fourth-order valence-corrected chi connectivity index (χ4v) is 3.69. The van der Waals surface area contributed by atoms with Gasteiger partial charge in [-0.1, -0.05) is 6.42 Å². The summed E-state index contributed by atoms with van der Waals surface area (Å²) in [5.41, 5.74) is 0.528. The van der Waals surface area contributed by atoms with E-state index in [1.54, 1.807) is 0 Å². The SMILES string of the molecule is N#Cc1ccc(F)c(COC(=O)C2C[C@H]3CCC[C@@H](C2)C3=O)c1. The van der Waals surface area contributed by atoms with Crippen LogP contribution in [0.5, 0.6) is 0 Å². The van der Waals surface area contributed by atoms with E-state index in [-0.39, 0.29) is 35.9 Å². The third-order valence-corrected chi connectivity index (χ3v) is 4.93. The van der Waals surface area contributed by atoms with Crippen molar-refractivity contribution < 1.29 is 18.7 Å². The van der Waals surface area contributed by atoms with Gasteiger partial charge in [0.2, 0.25) is 0 Å². The fourth-order valence-electron chi connectivity index (χ4n) is 3.69. The predicted molar refractivity (Wildman–Crippen MR) is 79.5 cm³/mol. The lowest BCUT2D eigenvalue weighted by atomic mass is 9.67. The van der Waals surface area contributed by atoms with Crippen molar-refractivity contribution in [2.24, 2.45) is 17.8 Å². The van der Waals surface area contributed by atoms with Gasteiger partial charge in [-0.2, -0.15) is 5.26 Å². The van der Waals surface area contributed by atoms with Crippen LogP contribution in [0.25, 0.3) is 0 Å². The second kappa shape index (κ2) is 6.49. The smallest absolute Gasteiger partial charge is 0.309 e.